The van der Waals surface area contributed by atoms with Crippen molar-refractivity contribution in [2.75, 3.05) is 7.05 Å². The highest BCUT2D eigenvalue weighted by Crippen LogP contribution is 2.28. The van der Waals surface area contributed by atoms with E-state index < -0.39 is 11.5 Å². The van der Waals surface area contributed by atoms with Gasteiger partial charge in [-0.2, -0.15) is 0 Å². The Morgan fingerprint density at radius 2 is 1.92 bits per heavy atom. The summed E-state index contributed by atoms with van der Waals surface area (Å²) in [6.07, 6.45) is 1.74. The van der Waals surface area contributed by atoms with Crippen LogP contribution in [0.4, 0.5) is 0 Å². The van der Waals surface area contributed by atoms with Gasteiger partial charge in [-0.15, -0.1) is 0 Å². The zero-order valence-electron chi connectivity index (χ0n) is 8.47. The molecular formula is C10H15NO2. The van der Waals surface area contributed by atoms with Gasteiger partial charge in [0.05, 0.1) is 0 Å². The minimum Gasteiger partial charge on any atom is -0.304 e. The highest BCUT2D eigenvalue weighted by molar-refractivity contribution is 6.18. The Balaban J connectivity index is 3.15. The van der Waals surface area contributed by atoms with E-state index in [1.54, 1.807) is 20.0 Å². The molecule has 0 saturated carbocycles. The molecule has 3 heteroatoms. The van der Waals surface area contributed by atoms with Crippen LogP contribution in [0, 0.1) is 5.41 Å². The molecule has 0 aliphatic heterocycles. The molecule has 0 spiro atoms. The van der Waals surface area contributed by atoms with Crippen LogP contribution in [0.15, 0.2) is 11.6 Å². The maximum atomic E-state index is 11.7. The zero-order chi connectivity index (χ0) is 10.2. The summed E-state index contributed by atoms with van der Waals surface area (Å²) in [4.78, 5) is 23.2. The standard InChI is InChI=1S/C10H15NO2/c1-6-5-10(2,3)9(13)7(11-4)8(6)12/h5,7,11H,1-4H3. The van der Waals surface area contributed by atoms with E-state index in [9.17, 15) is 9.59 Å². The first-order chi connectivity index (χ1) is 5.90. The van der Waals surface area contributed by atoms with Crippen molar-refractivity contribution in [1.82, 2.24) is 5.32 Å². The monoisotopic (exact) mass is 181 g/mol. The summed E-state index contributed by atoms with van der Waals surface area (Å²) in [5.74, 6) is -0.155. The first-order valence-corrected chi connectivity index (χ1v) is 4.35. The molecule has 1 atom stereocenters. The fourth-order valence-electron chi connectivity index (χ4n) is 1.66. The molecule has 0 saturated heterocycles. The molecule has 0 amide bonds. The third-order valence-corrected chi connectivity index (χ3v) is 2.41. The van der Waals surface area contributed by atoms with Crippen LogP contribution in [-0.2, 0) is 9.59 Å². The van der Waals surface area contributed by atoms with Crippen molar-refractivity contribution in [2.24, 2.45) is 5.41 Å². The second-order valence-electron chi connectivity index (χ2n) is 4.00. The molecular weight excluding hydrogens is 166 g/mol. The van der Waals surface area contributed by atoms with Crippen LogP contribution >= 0.6 is 0 Å². The topological polar surface area (TPSA) is 46.2 Å². The highest BCUT2D eigenvalue weighted by Gasteiger charge is 2.40. The van der Waals surface area contributed by atoms with Gasteiger partial charge in [-0.1, -0.05) is 6.08 Å². The van der Waals surface area contributed by atoms with Crippen molar-refractivity contribution < 1.29 is 9.59 Å². The lowest BCUT2D eigenvalue weighted by molar-refractivity contribution is -0.133. The molecule has 0 radical (unpaired) electrons. The summed E-state index contributed by atoms with van der Waals surface area (Å²) in [5, 5.41) is 2.75. The Morgan fingerprint density at radius 1 is 1.38 bits per heavy atom. The molecule has 0 heterocycles. The average molecular weight is 181 g/mol. The van der Waals surface area contributed by atoms with Gasteiger partial charge in [-0.25, -0.2) is 0 Å². The molecule has 3 nitrogen and oxygen atoms in total. The van der Waals surface area contributed by atoms with Gasteiger partial charge >= 0.3 is 0 Å². The molecule has 13 heavy (non-hydrogen) atoms. The summed E-state index contributed by atoms with van der Waals surface area (Å²) >= 11 is 0. The summed E-state index contributed by atoms with van der Waals surface area (Å²) in [6.45, 7) is 5.41. The fraction of sp³-hybridized carbons (Fsp3) is 0.600. The van der Waals surface area contributed by atoms with Crippen LogP contribution in [0.25, 0.3) is 0 Å². The van der Waals surface area contributed by atoms with Crippen LogP contribution in [0.5, 0.6) is 0 Å². The maximum Gasteiger partial charge on any atom is 0.182 e. The third kappa shape index (κ3) is 1.56. The molecule has 0 bridgehead atoms. The normalized spacial score (nSPS) is 27.4. The summed E-state index contributed by atoms with van der Waals surface area (Å²) in [5.41, 5.74) is 0.148. The van der Waals surface area contributed by atoms with E-state index in [1.165, 1.54) is 0 Å². The van der Waals surface area contributed by atoms with Gasteiger partial charge in [0.1, 0.15) is 6.04 Å². The van der Waals surface area contributed by atoms with Crippen LogP contribution in [0.1, 0.15) is 20.8 Å². The Labute approximate surface area is 78.2 Å². The minimum atomic E-state index is -0.653. The lowest BCUT2D eigenvalue weighted by Gasteiger charge is -2.29. The van der Waals surface area contributed by atoms with Gasteiger partial charge in [-0.05, 0) is 33.4 Å². The number of hydrogen-bond acceptors (Lipinski definition) is 3. The van der Waals surface area contributed by atoms with Gasteiger partial charge in [0.15, 0.2) is 11.6 Å². The SMILES string of the molecule is CNC1C(=O)C(C)=CC(C)(C)C1=O. The molecule has 72 valence electrons. The lowest BCUT2D eigenvalue weighted by Crippen LogP contribution is -2.50. The first kappa shape index (κ1) is 10.1. The number of rotatable bonds is 1. The molecule has 1 unspecified atom stereocenters. The zero-order valence-corrected chi connectivity index (χ0v) is 8.47. The van der Waals surface area contributed by atoms with E-state index in [4.69, 9.17) is 0 Å². The van der Waals surface area contributed by atoms with Crippen molar-refractivity contribution in [3.63, 3.8) is 0 Å². The van der Waals surface area contributed by atoms with E-state index in [2.05, 4.69) is 5.32 Å². The number of carbonyl (C=O) groups excluding carboxylic acids is 2. The first-order valence-electron chi connectivity index (χ1n) is 4.35. The van der Waals surface area contributed by atoms with Crippen molar-refractivity contribution in [1.29, 1.82) is 0 Å². The van der Waals surface area contributed by atoms with Gasteiger partial charge in [0.25, 0.3) is 0 Å². The fourth-order valence-corrected chi connectivity index (χ4v) is 1.66. The molecule has 1 rings (SSSR count). The van der Waals surface area contributed by atoms with Crippen molar-refractivity contribution in [3.05, 3.63) is 11.6 Å². The van der Waals surface area contributed by atoms with Gasteiger partial charge < -0.3 is 5.32 Å². The molecule has 0 aromatic rings. The number of ketones is 2. The molecule has 0 fully saturated rings. The van der Waals surface area contributed by atoms with Crippen LogP contribution in [0.2, 0.25) is 0 Å². The molecule has 0 aromatic carbocycles. The summed E-state index contributed by atoms with van der Waals surface area (Å²) in [6, 6.07) is -0.653. The maximum absolute atomic E-state index is 11.7. The average Bonchev–Trinajstić information content (AvgIpc) is 2.02. The second-order valence-corrected chi connectivity index (χ2v) is 4.00. The Hall–Kier alpha value is -0.960. The van der Waals surface area contributed by atoms with E-state index >= 15 is 0 Å². The van der Waals surface area contributed by atoms with Gasteiger partial charge in [0.2, 0.25) is 0 Å². The van der Waals surface area contributed by atoms with Gasteiger partial charge in [0, 0.05) is 5.41 Å². The van der Waals surface area contributed by atoms with E-state index in [1.807, 2.05) is 13.8 Å². The van der Waals surface area contributed by atoms with E-state index in [0.717, 1.165) is 0 Å². The molecule has 0 aromatic heterocycles. The lowest BCUT2D eigenvalue weighted by atomic mass is 9.75. The predicted octanol–water partition coefficient (Wildman–Crippen LogP) is 0.699. The molecule has 1 aliphatic rings. The largest absolute Gasteiger partial charge is 0.304 e. The Kier molecular flexibility index (Phi) is 2.39. The summed E-state index contributed by atoms with van der Waals surface area (Å²) < 4.78 is 0. The minimum absolute atomic E-state index is 0.0504. The Bertz CT molecular complexity index is 289. The Morgan fingerprint density at radius 3 is 2.38 bits per heavy atom. The number of hydrogen-bond donors (Lipinski definition) is 1. The smallest absolute Gasteiger partial charge is 0.182 e. The van der Waals surface area contributed by atoms with Crippen LogP contribution in [-0.4, -0.2) is 24.7 Å². The quantitative estimate of drug-likeness (QED) is 0.606. The van der Waals surface area contributed by atoms with Crippen molar-refractivity contribution in [3.8, 4) is 0 Å². The van der Waals surface area contributed by atoms with E-state index in [-0.39, 0.29) is 11.6 Å². The van der Waals surface area contributed by atoms with E-state index in [0.29, 0.717) is 5.57 Å². The summed E-state index contributed by atoms with van der Waals surface area (Å²) in [7, 11) is 1.63. The third-order valence-electron chi connectivity index (χ3n) is 2.41. The van der Waals surface area contributed by atoms with Crippen molar-refractivity contribution >= 4 is 11.6 Å². The van der Waals surface area contributed by atoms with Crippen LogP contribution in [0.3, 0.4) is 0 Å². The number of carbonyl (C=O) groups is 2. The number of nitrogens with one attached hydrogen (secondary N) is 1. The number of likely N-dealkylation sites (N-methyl/N-ethyl adjacent to an activating group) is 1. The van der Waals surface area contributed by atoms with Crippen LogP contribution < -0.4 is 5.32 Å². The number of Topliss-reactive ketones (excluding diaryl/α,β-unsaturated/α-hetero) is 2. The molecule has 1 N–H and O–H groups in total. The van der Waals surface area contributed by atoms with Gasteiger partial charge in [-0.3, -0.25) is 9.59 Å². The predicted molar refractivity (Wildman–Crippen MR) is 50.4 cm³/mol. The highest BCUT2D eigenvalue weighted by atomic mass is 16.2. The number of allylic oxidation sites excluding steroid dienone is 1. The molecule has 1 aliphatic carbocycles. The second kappa shape index (κ2) is 3.07. The van der Waals surface area contributed by atoms with Crippen molar-refractivity contribution in [2.45, 2.75) is 26.8 Å².